The maximum Gasteiger partial charge on any atom is 0.244 e. The van der Waals surface area contributed by atoms with Gasteiger partial charge in [-0.3, -0.25) is 10.1 Å². The Kier molecular flexibility index (Phi) is 4.64. The second kappa shape index (κ2) is 6.12. The highest BCUT2D eigenvalue weighted by Crippen LogP contribution is 2.35. The van der Waals surface area contributed by atoms with Crippen molar-refractivity contribution in [2.45, 2.75) is 44.9 Å². The van der Waals surface area contributed by atoms with Crippen molar-refractivity contribution in [2.75, 3.05) is 13.7 Å². The molecule has 0 aromatic heterocycles. The third-order valence-corrected chi connectivity index (χ3v) is 4.23. The highest BCUT2D eigenvalue weighted by molar-refractivity contribution is 5.88. The lowest BCUT2D eigenvalue weighted by molar-refractivity contribution is -0.135. The van der Waals surface area contributed by atoms with Crippen molar-refractivity contribution < 1.29 is 13.9 Å². The number of benzene rings is 1. The zero-order valence-electron chi connectivity index (χ0n) is 13.0. The summed E-state index contributed by atoms with van der Waals surface area (Å²) < 4.78 is 19.3. The van der Waals surface area contributed by atoms with Crippen LogP contribution in [0.3, 0.4) is 0 Å². The molecule has 5 heteroatoms. The van der Waals surface area contributed by atoms with E-state index in [1.54, 1.807) is 30.2 Å². The highest BCUT2D eigenvalue weighted by Gasteiger charge is 2.49. The molecule has 1 aliphatic heterocycles. The van der Waals surface area contributed by atoms with E-state index in [-0.39, 0.29) is 17.8 Å². The lowest BCUT2D eigenvalue weighted by Gasteiger charge is -2.30. The number of nitrogens with zero attached hydrogens (tertiary/aromatic N) is 1. The van der Waals surface area contributed by atoms with Crippen LogP contribution < -0.4 is 5.32 Å². The zero-order chi connectivity index (χ0) is 15.6. The Hall–Kier alpha value is -1.46. The molecule has 0 spiro atoms. The summed E-state index contributed by atoms with van der Waals surface area (Å²) in [6.07, 6.45) is 0.182. The van der Waals surface area contributed by atoms with Gasteiger partial charge in [-0.2, -0.15) is 0 Å². The van der Waals surface area contributed by atoms with Gasteiger partial charge in [0.25, 0.3) is 0 Å². The summed E-state index contributed by atoms with van der Waals surface area (Å²) in [4.78, 5) is 14.5. The fourth-order valence-corrected chi connectivity index (χ4v) is 2.79. The van der Waals surface area contributed by atoms with E-state index in [4.69, 9.17) is 4.74 Å². The van der Waals surface area contributed by atoms with E-state index in [9.17, 15) is 9.18 Å². The van der Waals surface area contributed by atoms with Crippen molar-refractivity contribution in [3.05, 3.63) is 35.6 Å². The SMILES string of the molecule is CCC1(C)NC(c2ccccc2F)N(C(C)COC)C1=O. The predicted molar refractivity (Wildman–Crippen MR) is 79.2 cm³/mol. The van der Waals surface area contributed by atoms with E-state index in [0.29, 0.717) is 18.6 Å². The van der Waals surface area contributed by atoms with Gasteiger partial charge in [-0.25, -0.2) is 4.39 Å². The van der Waals surface area contributed by atoms with Crippen LogP contribution in [-0.4, -0.2) is 36.1 Å². The van der Waals surface area contributed by atoms with Crippen molar-refractivity contribution in [2.24, 2.45) is 0 Å². The maximum absolute atomic E-state index is 14.1. The quantitative estimate of drug-likeness (QED) is 0.907. The molecule has 0 saturated carbocycles. The molecule has 1 N–H and O–H groups in total. The molecule has 4 nitrogen and oxygen atoms in total. The number of nitrogens with one attached hydrogen (secondary N) is 1. The van der Waals surface area contributed by atoms with E-state index in [2.05, 4.69) is 5.32 Å². The molecule has 2 rings (SSSR count). The van der Waals surface area contributed by atoms with Gasteiger partial charge >= 0.3 is 0 Å². The molecule has 21 heavy (non-hydrogen) atoms. The Morgan fingerprint density at radius 1 is 1.48 bits per heavy atom. The van der Waals surface area contributed by atoms with E-state index in [1.165, 1.54) is 6.07 Å². The third kappa shape index (κ3) is 2.80. The van der Waals surface area contributed by atoms with Crippen LogP contribution in [0.25, 0.3) is 0 Å². The Balaban J connectivity index is 2.42. The second-order valence-electron chi connectivity index (χ2n) is 5.77. The molecule has 3 atom stereocenters. The van der Waals surface area contributed by atoms with Crippen molar-refractivity contribution in [3.8, 4) is 0 Å². The lowest BCUT2D eigenvalue weighted by Crippen LogP contribution is -2.45. The molecule has 1 saturated heterocycles. The van der Waals surface area contributed by atoms with E-state index in [0.717, 1.165) is 0 Å². The number of carbonyl (C=O) groups is 1. The van der Waals surface area contributed by atoms with Gasteiger partial charge in [-0.15, -0.1) is 0 Å². The van der Waals surface area contributed by atoms with E-state index >= 15 is 0 Å². The Labute approximate surface area is 125 Å². The van der Waals surface area contributed by atoms with Crippen molar-refractivity contribution in [1.82, 2.24) is 10.2 Å². The topological polar surface area (TPSA) is 41.6 Å². The largest absolute Gasteiger partial charge is 0.383 e. The molecule has 0 bridgehead atoms. The van der Waals surface area contributed by atoms with Gasteiger partial charge in [0.2, 0.25) is 5.91 Å². The van der Waals surface area contributed by atoms with Gasteiger partial charge in [0.05, 0.1) is 18.2 Å². The molecule has 0 aliphatic carbocycles. The number of rotatable bonds is 5. The van der Waals surface area contributed by atoms with Crippen molar-refractivity contribution in [1.29, 1.82) is 0 Å². The lowest BCUT2D eigenvalue weighted by atomic mass is 9.99. The van der Waals surface area contributed by atoms with Crippen LogP contribution in [0, 0.1) is 5.82 Å². The van der Waals surface area contributed by atoms with Gasteiger partial charge in [-0.1, -0.05) is 25.1 Å². The summed E-state index contributed by atoms with van der Waals surface area (Å²) in [5.41, 5.74) is -0.180. The molecule has 1 aromatic rings. The first kappa shape index (κ1) is 15.9. The van der Waals surface area contributed by atoms with Crippen LogP contribution in [0.1, 0.15) is 38.9 Å². The third-order valence-electron chi connectivity index (χ3n) is 4.23. The van der Waals surface area contributed by atoms with Crippen LogP contribution in [0.15, 0.2) is 24.3 Å². The van der Waals surface area contributed by atoms with E-state index < -0.39 is 11.7 Å². The summed E-state index contributed by atoms with van der Waals surface area (Å²) in [6, 6.07) is 6.44. The average molecular weight is 294 g/mol. The van der Waals surface area contributed by atoms with Crippen LogP contribution in [0.5, 0.6) is 0 Å². The summed E-state index contributed by atoms with van der Waals surface area (Å²) in [5, 5.41) is 3.29. The molecule has 1 fully saturated rings. The van der Waals surface area contributed by atoms with Gasteiger partial charge < -0.3 is 9.64 Å². The van der Waals surface area contributed by atoms with Crippen molar-refractivity contribution in [3.63, 3.8) is 0 Å². The molecule has 1 heterocycles. The number of amides is 1. The van der Waals surface area contributed by atoms with Crippen LogP contribution in [-0.2, 0) is 9.53 Å². The standard InChI is InChI=1S/C16H23FN2O2/c1-5-16(3)15(20)19(11(2)10-21-4)14(18-16)12-8-6-7-9-13(12)17/h6-9,11,14,18H,5,10H2,1-4H3. The molecular formula is C16H23FN2O2. The minimum atomic E-state index is -0.672. The number of carbonyl (C=O) groups excluding carboxylic acids is 1. The summed E-state index contributed by atoms with van der Waals surface area (Å²) >= 11 is 0. The smallest absolute Gasteiger partial charge is 0.244 e. The Morgan fingerprint density at radius 3 is 2.71 bits per heavy atom. The number of ether oxygens (including phenoxy) is 1. The predicted octanol–water partition coefficient (Wildman–Crippen LogP) is 2.46. The maximum atomic E-state index is 14.1. The first-order valence-corrected chi connectivity index (χ1v) is 7.28. The number of methoxy groups -OCH3 is 1. The number of halogens is 1. The summed E-state index contributed by atoms with van der Waals surface area (Å²) in [7, 11) is 1.60. The first-order valence-electron chi connectivity index (χ1n) is 7.28. The average Bonchev–Trinajstić information content (AvgIpc) is 2.73. The Morgan fingerprint density at radius 2 is 2.14 bits per heavy atom. The highest BCUT2D eigenvalue weighted by atomic mass is 19.1. The second-order valence-corrected chi connectivity index (χ2v) is 5.77. The molecule has 116 valence electrons. The molecular weight excluding hydrogens is 271 g/mol. The summed E-state index contributed by atoms with van der Waals surface area (Å²) in [6.45, 7) is 6.15. The molecule has 1 aliphatic rings. The van der Waals surface area contributed by atoms with E-state index in [1.807, 2.05) is 20.8 Å². The summed E-state index contributed by atoms with van der Waals surface area (Å²) in [5.74, 6) is -0.319. The van der Waals surface area contributed by atoms with Crippen LogP contribution in [0.4, 0.5) is 4.39 Å². The van der Waals surface area contributed by atoms with Gasteiger partial charge in [0, 0.05) is 12.7 Å². The monoisotopic (exact) mass is 294 g/mol. The van der Waals surface area contributed by atoms with Gasteiger partial charge in [0.15, 0.2) is 0 Å². The molecule has 1 amide bonds. The van der Waals surface area contributed by atoms with Gasteiger partial charge in [0.1, 0.15) is 12.0 Å². The number of hydrogen-bond donors (Lipinski definition) is 1. The fraction of sp³-hybridized carbons (Fsp3) is 0.562. The zero-order valence-corrected chi connectivity index (χ0v) is 13.0. The Bertz CT molecular complexity index is 523. The molecule has 1 aromatic carbocycles. The number of hydrogen-bond acceptors (Lipinski definition) is 3. The van der Waals surface area contributed by atoms with Gasteiger partial charge in [-0.05, 0) is 26.3 Å². The van der Waals surface area contributed by atoms with Crippen LogP contribution >= 0.6 is 0 Å². The fourth-order valence-electron chi connectivity index (χ4n) is 2.79. The minimum Gasteiger partial charge on any atom is -0.383 e. The normalized spacial score (nSPS) is 27.2. The molecule has 3 unspecified atom stereocenters. The van der Waals surface area contributed by atoms with Crippen LogP contribution in [0.2, 0.25) is 0 Å². The minimum absolute atomic E-state index is 0.0113. The molecule has 0 radical (unpaired) electrons. The van der Waals surface area contributed by atoms with Crippen molar-refractivity contribution >= 4 is 5.91 Å². The first-order chi connectivity index (χ1) is 9.94.